The highest BCUT2D eigenvalue weighted by atomic mass is 79.9. The molecule has 2 unspecified atom stereocenters. The Labute approximate surface area is 223 Å². The number of carbonyl (C=O) groups excluding carboxylic acids is 3. The van der Waals surface area contributed by atoms with Gasteiger partial charge in [-0.15, -0.1) is 11.8 Å². The van der Waals surface area contributed by atoms with Crippen molar-refractivity contribution in [2.24, 2.45) is 0 Å². The molecule has 0 N–H and O–H groups in total. The van der Waals surface area contributed by atoms with Crippen LogP contribution in [0.5, 0.6) is 0 Å². The zero-order valence-corrected chi connectivity index (χ0v) is 22.2. The van der Waals surface area contributed by atoms with Crippen molar-refractivity contribution in [3.05, 3.63) is 68.8 Å². The van der Waals surface area contributed by atoms with Gasteiger partial charge in [0.05, 0.1) is 11.5 Å². The fourth-order valence-corrected chi connectivity index (χ4v) is 6.74. The number of ether oxygens (including phenoxy) is 2. The summed E-state index contributed by atoms with van der Waals surface area (Å²) in [4.78, 5) is 56.7. The van der Waals surface area contributed by atoms with Gasteiger partial charge in [0.25, 0.3) is 11.6 Å². The van der Waals surface area contributed by atoms with Crippen molar-refractivity contribution in [3.63, 3.8) is 0 Å². The molecule has 1 aromatic carbocycles. The Bertz CT molecular complexity index is 1330. The van der Waals surface area contributed by atoms with Crippen LogP contribution in [0.15, 0.2) is 41.6 Å². The Morgan fingerprint density at radius 1 is 1.32 bits per heavy atom. The molecule has 3 aliphatic heterocycles. The first-order chi connectivity index (χ1) is 17.6. The van der Waals surface area contributed by atoms with Crippen molar-refractivity contribution < 1.29 is 28.8 Å². The number of hydrogen-bond donors (Lipinski definition) is 0. The molecule has 1 aromatic heterocycles. The number of fused-ring (bicyclic) bond motifs is 2. The summed E-state index contributed by atoms with van der Waals surface area (Å²) in [6.07, 6.45) is 0.806. The summed E-state index contributed by atoms with van der Waals surface area (Å²) < 4.78 is 11.6. The molecule has 0 radical (unpaired) electrons. The molecule has 0 saturated carbocycles. The van der Waals surface area contributed by atoms with Gasteiger partial charge in [0, 0.05) is 43.8 Å². The number of nitro groups is 1. The first-order valence-electron chi connectivity index (χ1n) is 11.3. The van der Waals surface area contributed by atoms with Gasteiger partial charge in [-0.3, -0.25) is 29.5 Å². The molecule has 0 aliphatic carbocycles. The van der Waals surface area contributed by atoms with Crippen molar-refractivity contribution >= 4 is 51.2 Å². The molecule has 1 amide bonds. The second-order valence-corrected chi connectivity index (χ2v) is 11.2. The molecular weight excluding hydrogens is 570 g/mol. The summed E-state index contributed by atoms with van der Waals surface area (Å²) in [6.45, 7) is 3.36. The lowest BCUT2D eigenvalue weighted by Crippen LogP contribution is -2.70. The summed E-state index contributed by atoms with van der Waals surface area (Å²) in [5, 5.41) is 11.8. The quantitative estimate of drug-likeness (QED) is 0.155. The normalized spacial score (nSPS) is 23.4. The van der Waals surface area contributed by atoms with E-state index in [4.69, 9.17) is 9.47 Å². The minimum Gasteiger partial charge on any atom is -0.456 e. The molecule has 1 fully saturated rings. The van der Waals surface area contributed by atoms with Gasteiger partial charge in [0.1, 0.15) is 29.2 Å². The zero-order chi connectivity index (χ0) is 26.5. The number of β-lactam (4-membered cyclic amide) rings is 1. The Hall–Kier alpha value is -3.23. The van der Waals surface area contributed by atoms with Gasteiger partial charge in [-0.25, -0.2) is 9.78 Å². The van der Waals surface area contributed by atoms with Crippen LogP contribution >= 0.6 is 27.7 Å². The number of imidazole rings is 1. The molecule has 3 aliphatic rings. The predicted octanol–water partition coefficient (Wildman–Crippen LogP) is 2.47. The van der Waals surface area contributed by atoms with Crippen LogP contribution in [0.3, 0.4) is 0 Å². The third-order valence-electron chi connectivity index (χ3n) is 6.38. The molecule has 4 heterocycles. The van der Waals surface area contributed by atoms with Gasteiger partial charge in [0.15, 0.2) is 10.4 Å². The average molecular weight is 592 g/mol. The van der Waals surface area contributed by atoms with E-state index in [1.807, 2.05) is 11.6 Å². The SMILES string of the molecule is CC(=O)OC(c1cn2c(n1)CN(C)CC2)C1(Br)C(=O)N2C(C(=O)OCc3ccc([N+](=O)[O-])cc3)=CS[C@@H]21. The number of alkyl halides is 1. The van der Waals surface area contributed by atoms with Crippen molar-refractivity contribution in [1.82, 2.24) is 19.4 Å². The number of amides is 1. The number of rotatable bonds is 7. The lowest BCUT2D eigenvalue weighted by molar-refractivity contribution is -0.384. The fourth-order valence-electron chi connectivity index (χ4n) is 4.47. The van der Waals surface area contributed by atoms with E-state index in [0.29, 0.717) is 17.8 Å². The summed E-state index contributed by atoms with van der Waals surface area (Å²) in [5.74, 6) is -0.902. The topological polar surface area (TPSA) is 137 Å². The van der Waals surface area contributed by atoms with Crippen LogP contribution in [0, 0.1) is 10.1 Å². The van der Waals surface area contributed by atoms with E-state index in [1.54, 1.807) is 11.6 Å². The third kappa shape index (κ3) is 4.42. The van der Waals surface area contributed by atoms with E-state index in [0.717, 1.165) is 18.9 Å². The molecule has 0 bridgehead atoms. The standard InChI is InChI=1S/C23H22BrN5O7S/c1-13(30)36-19(16-9-27-8-7-26(2)10-18(27)25-16)23(24)21(32)28-17(12-37-22(23)28)20(31)35-11-14-3-5-15(6-4-14)29(33)34/h3-6,9,12,19,22H,7-8,10-11H2,1-2H3/t19?,22-,23?/m1/s1. The summed E-state index contributed by atoms with van der Waals surface area (Å²) in [6, 6.07) is 5.64. The highest BCUT2D eigenvalue weighted by molar-refractivity contribution is 9.10. The molecule has 12 nitrogen and oxygen atoms in total. The Morgan fingerprint density at radius 3 is 2.73 bits per heavy atom. The van der Waals surface area contributed by atoms with Gasteiger partial charge in [-0.1, -0.05) is 15.9 Å². The first kappa shape index (κ1) is 25.4. The number of halogens is 1. The minimum absolute atomic E-state index is 0.0689. The second kappa shape index (κ2) is 9.58. The van der Waals surface area contributed by atoms with Gasteiger partial charge in [0.2, 0.25) is 0 Å². The van der Waals surface area contributed by atoms with E-state index in [2.05, 4.69) is 25.8 Å². The number of esters is 2. The van der Waals surface area contributed by atoms with E-state index in [1.165, 1.54) is 47.9 Å². The number of aromatic nitrogens is 2. The van der Waals surface area contributed by atoms with Crippen LogP contribution < -0.4 is 0 Å². The lowest BCUT2D eigenvalue weighted by atomic mass is 9.89. The fraction of sp³-hybridized carbons (Fsp3) is 0.391. The number of hydrogen-bond acceptors (Lipinski definition) is 10. The Morgan fingerprint density at radius 2 is 2.05 bits per heavy atom. The van der Waals surface area contributed by atoms with Crippen LogP contribution in [-0.2, 0) is 43.6 Å². The molecule has 194 valence electrons. The van der Waals surface area contributed by atoms with E-state index in [9.17, 15) is 24.5 Å². The third-order valence-corrected chi connectivity index (χ3v) is 9.07. The van der Waals surface area contributed by atoms with Crippen molar-refractivity contribution in [3.8, 4) is 0 Å². The lowest BCUT2D eigenvalue weighted by Gasteiger charge is -2.51. The maximum Gasteiger partial charge on any atom is 0.355 e. The van der Waals surface area contributed by atoms with Gasteiger partial charge in [-0.2, -0.15) is 0 Å². The highest BCUT2D eigenvalue weighted by Gasteiger charge is 2.69. The Balaban J connectivity index is 1.31. The highest BCUT2D eigenvalue weighted by Crippen LogP contribution is 2.58. The maximum atomic E-state index is 13.5. The van der Waals surface area contributed by atoms with E-state index >= 15 is 0 Å². The molecule has 0 spiro atoms. The number of carbonyl (C=O) groups is 3. The number of non-ortho nitro benzene ring substituents is 1. The smallest absolute Gasteiger partial charge is 0.355 e. The second-order valence-electron chi connectivity index (χ2n) is 8.94. The van der Waals surface area contributed by atoms with Crippen LogP contribution in [0.1, 0.15) is 30.1 Å². The van der Waals surface area contributed by atoms with Crippen molar-refractivity contribution in [1.29, 1.82) is 0 Å². The van der Waals surface area contributed by atoms with Crippen LogP contribution in [-0.4, -0.2) is 65.4 Å². The predicted molar refractivity (Wildman–Crippen MR) is 134 cm³/mol. The Kier molecular flexibility index (Phi) is 6.58. The average Bonchev–Trinajstić information content (AvgIpc) is 3.48. The van der Waals surface area contributed by atoms with Gasteiger partial charge in [-0.05, 0) is 24.7 Å². The molecule has 14 heteroatoms. The summed E-state index contributed by atoms with van der Waals surface area (Å²) in [7, 11) is 1.99. The maximum absolute atomic E-state index is 13.5. The molecular formula is C23H22BrN5O7S. The van der Waals surface area contributed by atoms with Crippen LogP contribution in [0.4, 0.5) is 5.69 Å². The van der Waals surface area contributed by atoms with Crippen molar-refractivity contribution in [2.45, 2.75) is 42.4 Å². The molecule has 2 aromatic rings. The van der Waals surface area contributed by atoms with E-state index in [-0.39, 0.29) is 18.0 Å². The summed E-state index contributed by atoms with van der Waals surface area (Å²) in [5.41, 5.74) is 1.03. The number of nitrogens with zero attached hydrogens (tertiary/aromatic N) is 5. The molecule has 3 atom stereocenters. The van der Waals surface area contributed by atoms with Gasteiger partial charge >= 0.3 is 11.9 Å². The molecule has 1 saturated heterocycles. The van der Waals surface area contributed by atoms with Crippen LogP contribution in [0.25, 0.3) is 0 Å². The van der Waals surface area contributed by atoms with Gasteiger partial charge < -0.3 is 14.0 Å². The molecule has 37 heavy (non-hydrogen) atoms. The zero-order valence-electron chi connectivity index (χ0n) is 19.8. The monoisotopic (exact) mass is 591 g/mol. The largest absolute Gasteiger partial charge is 0.456 e. The van der Waals surface area contributed by atoms with Crippen LogP contribution in [0.2, 0.25) is 0 Å². The molecule has 5 rings (SSSR count). The minimum atomic E-state index is -1.32. The number of benzene rings is 1. The number of nitro benzene ring substituents is 1. The van der Waals surface area contributed by atoms with E-state index < -0.39 is 38.6 Å². The summed E-state index contributed by atoms with van der Waals surface area (Å²) >= 11 is 4.80. The number of thioether (sulfide) groups is 1. The number of likely N-dealkylation sites (N-methyl/N-ethyl adjacent to an activating group) is 1. The first-order valence-corrected chi connectivity index (χ1v) is 13.0. The van der Waals surface area contributed by atoms with Crippen molar-refractivity contribution in [2.75, 3.05) is 13.6 Å².